The van der Waals surface area contributed by atoms with E-state index in [-0.39, 0.29) is 16.8 Å². The molecule has 2 aliphatic heterocycles. The van der Waals surface area contributed by atoms with Crippen LogP contribution >= 0.6 is 11.6 Å². The number of fused-ring (bicyclic) bond motifs is 1. The van der Waals surface area contributed by atoms with Crippen molar-refractivity contribution >= 4 is 33.2 Å². The Morgan fingerprint density at radius 1 is 1.12 bits per heavy atom. The number of benzene rings is 2. The van der Waals surface area contributed by atoms with E-state index in [0.717, 1.165) is 25.9 Å². The molecular weight excluding hydrogens is 454 g/mol. The largest absolute Gasteiger partial charge is 0.486 e. The van der Waals surface area contributed by atoms with Gasteiger partial charge in [0.2, 0.25) is 10.0 Å². The van der Waals surface area contributed by atoms with Gasteiger partial charge in [-0.3, -0.25) is 4.79 Å². The fourth-order valence-electron chi connectivity index (χ4n) is 3.88. The smallest absolute Gasteiger partial charge is 0.255 e. The molecule has 32 heavy (non-hydrogen) atoms. The third kappa shape index (κ3) is 4.71. The highest BCUT2D eigenvalue weighted by Crippen LogP contribution is 2.38. The van der Waals surface area contributed by atoms with Crippen molar-refractivity contribution < 1.29 is 22.7 Å². The third-order valence-corrected chi connectivity index (χ3v) is 8.06. The topological polar surface area (TPSA) is 88.2 Å². The quantitative estimate of drug-likeness (QED) is 0.709. The van der Waals surface area contributed by atoms with Crippen LogP contribution in [0.1, 0.15) is 23.2 Å². The average molecular weight is 480 g/mol. The molecule has 0 unspecified atom stereocenters. The molecule has 1 fully saturated rings. The molecule has 1 N–H and O–H groups in total. The van der Waals surface area contributed by atoms with E-state index in [1.165, 1.54) is 22.5 Å². The highest BCUT2D eigenvalue weighted by molar-refractivity contribution is 7.89. The van der Waals surface area contributed by atoms with Crippen molar-refractivity contribution in [1.82, 2.24) is 9.21 Å². The van der Waals surface area contributed by atoms with Gasteiger partial charge in [-0.15, -0.1) is 0 Å². The van der Waals surface area contributed by atoms with E-state index < -0.39 is 10.0 Å². The lowest BCUT2D eigenvalue weighted by Gasteiger charge is -2.34. The second-order valence-corrected chi connectivity index (χ2v) is 10.4. The molecule has 10 heteroatoms. The van der Waals surface area contributed by atoms with E-state index in [0.29, 0.717) is 41.0 Å². The zero-order valence-electron chi connectivity index (χ0n) is 18.0. The van der Waals surface area contributed by atoms with Crippen LogP contribution in [0.3, 0.4) is 0 Å². The molecule has 0 bridgehead atoms. The van der Waals surface area contributed by atoms with Crippen LogP contribution in [0.5, 0.6) is 11.5 Å². The predicted octanol–water partition coefficient (Wildman–Crippen LogP) is 3.08. The maximum absolute atomic E-state index is 13.0. The molecule has 172 valence electrons. The summed E-state index contributed by atoms with van der Waals surface area (Å²) < 4.78 is 38.5. The zero-order chi connectivity index (χ0) is 22.9. The highest BCUT2D eigenvalue weighted by atomic mass is 35.5. The molecule has 0 radical (unpaired) electrons. The molecular formula is C22H26ClN3O5S. The number of carbonyl (C=O) groups excluding carboxylic acids is 1. The monoisotopic (exact) mass is 479 g/mol. The number of nitrogens with one attached hydrogen (secondary N) is 1. The number of piperidine rings is 1. The minimum Gasteiger partial charge on any atom is -0.486 e. The van der Waals surface area contributed by atoms with Crippen LogP contribution in [-0.2, 0) is 10.0 Å². The minimum absolute atomic E-state index is 0.0180. The van der Waals surface area contributed by atoms with Gasteiger partial charge < -0.3 is 19.7 Å². The zero-order valence-corrected chi connectivity index (χ0v) is 19.6. The summed E-state index contributed by atoms with van der Waals surface area (Å²) in [5.74, 6) is 0.466. The Kier molecular flexibility index (Phi) is 6.62. The van der Waals surface area contributed by atoms with Crippen LogP contribution in [0.15, 0.2) is 41.3 Å². The van der Waals surface area contributed by atoms with Gasteiger partial charge >= 0.3 is 0 Å². The van der Waals surface area contributed by atoms with Gasteiger partial charge in [-0.25, -0.2) is 8.42 Å². The molecule has 2 aromatic rings. The first-order valence-electron chi connectivity index (χ1n) is 10.4. The highest BCUT2D eigenvalue weighted by Gasteiger charge is 2.30. The van der Waals surface area contributed by atoms with E-state index in [1.807, 2.05) is 7.05 Å². The molecule has 2 aliphatic rings. The molecule has 0 aliphatic carbocycles. The third-order valence-electron chi connectivity index (χ3n) is 5.85. The Balaban J connectivity index is 1.45. The van der Waals surface area contributed by atoms with Crippen molar-refractivity contribution in [2.24, 2.45) is 0 Å². The second kappa shape index (κ2) is 9.27. The number of rotatable bonds is 5. The maximum atomic E-state index is 13.0. The van der Waals surface area contributed by atoms with Crippen molar-refractivity contribution in [3.63, 3.8) is 0 Å². The van der Waals surface area contributed by atoms with Crippen molar-refractivity contribution in [1.29, 1.82) is 0 Å². The van der Waals surface area contributed by atoms with Gasteiger partial charge in [0.15, 0.2) is 11.5 Å². The van der Waals surface area contributed by atoms with E-state index in [1.54, 1.807) is 25.2 Å². The predicted molar refractivity (Wildman–Crippen MR) is 122 cm³/mol. The Morgan fingerprint density at radius 3 is 2.47 bits per heavy atom. The molecule has 2 aromatic carbocycles. The van der Waals surface area contributed by atoms with Gasteiger partial charge in [0, 0.05) is 24.3 Å². The van der Waals surface area contributed by atoms with Gasteiger partial charge in [0.1, 0.15) is 13.2 Å². The number of ether oxygens (including phenoxy) is 2. The molecule has 2 heterocycles. The van der Waals surface area contributed by atoms with Crippen LogP contribution in [0.25, 0.3) is 0 Å². The van der Waals surface area contributed by atoms with Crippen molar-refractivity contribution in [2.75, 3.05) is 45.7 Å². The summed E-state index contributed by atoms with van der Waals surface area (Å²) in [4.78, 5) is 15.1. The van der Waals surface area contributed by atoms with Crippen molar-refractivity contribution in [3.05, 3.63) is 47.0 Å². The van der Waals surface area contributed by atoms with Gasteiger partial charge in [0.25, 0.3) is 5.91 Å². The first kappa shape index (κ1) is 22.8. The number of halogens is 1. The number of nitrogens with zero attached hydrogens (tertiary/aromatic N) is 2. The second-order valence-electron chi connectivity index (χ2n) is 8.02. The standard InChI is InChI=1S/C22H26ClN3O5S/c1-25-9-7-17(8-10-25)26(2)32(28,29)18-5-3-16(4-6-18)24-22(27)15-13-19(23)21-20(14-15)30-11-12-31-21/h3-6,13-14,17H,7-12H2,1-2H3,(H,24,27). The van der Waals surface area contributed by atoms with Crippen LogP contribution in [-0.4, -0.2) is 70.0 Å². The summed E-state index contributed by atoms with van der Waals surface area (Å²) in [7, 11) is 0.0548. The summed E-state index contributed by atoms with van der Waals surface area (Å²) in [6, 6.07) is 9.24. The first-order valence-corrected chi connectivity index (χ1v) is 12.2. The number of hydrogen-bond donors (Lipinski definition) is 1. The van der Waals surface area contributed by atoms with Crippen molar-refractivity contribution in [2.45, 2.75) is 23.8 Å². The van der Waals surface area contributed by atoms with Crippen molar-refractivity contribution in [3.8, 4) is 11.5 Å². The fourth-order valence-corrected chi connectivity index (χ4v) is 5.56. The Bertz CT molecular complexity index is 1100. The normalized spacial score (nSPS) is 17.4. The molecule has 0 aromatic heterocycles. The summed E-state index contributed by atoms with van der Waals surface area (Å²) >= 11 is 6.21. The molecule has 4 rings (SSSR count). The SMILES string of the molecule is CN1CCC(N(C)S(=O)(=O)c2ccc(NC(=O)c3cc(Cl)c4c(c3)OCCO4)cc2)CC1. The fraction of sp³-hybridized carbons (Fsp3) is 0.409. The van der Waals surface area contributed by atoms with E-state index in [9.17, 15) is 13.2 Å². The Morgan fingerprint density at radius 2 is 1.78 bits per heavy atom. The number of anilines is 1. The van der Waals surface area contributed by atoms with Gasteiger partial charge in [-0.1, -0.05) is 11.6 Å². The molecule has 1 saturated heterocycles. The van der Waals surface area contributed by atoms with E-state index in [2.05, 4.69) is 10.2 Å². The molecule has 0 spiro atoms. The summed E-state index contributed by atoms with van der Waals surface area (Å²) in [5, 5.41) is 3.06. The van der Waals surface area contributed by atoms with Crippen LogP contribution in [0.2, 0.25) is 5.02 Å². The lowest BCUT2D eigenvalue weighted by molar-refractivity contribution is 0.102. The summed E-state index contributed by atoms with van der Waals surface area (Å²) in [6.45, 7) is 2.54. The summed E-state index contributed by atoms with van der Waals surface area (Å²) in [5.41, 5.74) is 0.792. The maximum Gasteiger partial charge on any atom is 0.255 e. The van der Waals surface area contributed by atoms with Gasteiger partial charge in [-0.05, 0) is 69.4 Å². The van der Waals surface area contributed by atoms with Gasteiger partial charge in [0.05, 0.1) is 9.92 Å². The van der Waals surface area contributed by atoms with E-state index >= 15 is 0 Å². The van der Waals surface area contributed by atoms with E-state index in [4.69, 9.17) is 21.1 Å². The Labute approximate surface area is 193 Å². The molecule has 8 nitrogen and oxygen atoms in total. The lowest BCUT2D eigenvalue weighted by Crippen LogP contribution is -2.44. The Hall–Kier alpha value is -2.33. The molecule has 1 amide bonds. The number of likely N-dealkylation sites (tertiary alicyclic amines) is 1. The summed E-state index contributed by atoms with van der Waals surface area (Å²) in [6.07, 6.45) is 1.61. The molecule has 0 atom stereocenters. The minimum atomic E-state index is -3.62. The lowest BCUT2D eigenvalue weighted by atomic mass is 10.1. The van der Waals surface area contributed by atoms with Crippen LogP contribution in [0.4, 0.5) is 5.69 Å². The van der Waals surface area contributed by atoms with Crippen LogP contribution < -0.4 is 14.8 Å². The van der Waals surface area contributed by atoms with Crippen LogP contribution in [0, 0.1) is 0 Å². The number of sulfonamides is 1. The first-order chi connectivity index (χ1) is 15.3. The number of hydrogen-bond acceptors (Lipinski definition) is 6. The average Bonchev–Trinajstić information content (AvgIpc) is 2.79. The number of amides is 1. The molecule has 0 saturated carbocycles. The van der Waals surface area contributed by atoms with Gasteiger partial charge in [-0.2, -0.15) is 4.31 Å². The number of carbonyl (C=O) groups is 1.